The second kappa shape index (κ2) is 6.64. The molecule has 0 unspecified atom stereocenters. The number of phenols is 1. The van der Waals surface area contributed by atoms with Gasteiger partial charge in [-0.3, -0.25) is 4.99 Å². The number of phenolic OH excluding ortho intramolecular Hbond substituents is 1. The molecule has 0 atom stereocenters. The predicted molar refractivity (Wildman–Crippen MR) is 87.5 cm³/mol. The second-order valence-corrected chi connectivity index (χ2v) is 5.24. The summed E-state index contributed by atoms with van der Waals surface area (Å²) in [5.41, 5.74) is 3.96. The van der Waals surface area contributed by atoms with E-state index >= 15 is 0 Å². The molecule has 0 fully saturated rings. The summed E-state index contributed by atoms with van der Waals surface area (Å²) in [6.07, 6.45) is 1.72. The molecule has 0 heterocycles. The lowest BCUT2D eigenvalue weighted by Gasteiger charge is -2.08. The Kier molecular flexibility index (Phi) is 4.86. The minimum absolute atomic E-state index is 0.0394. The molecule has 4 heteroatoms. The third-order valence-corrected chi connectivity index (χ3v) is 3.36. The van der Waals surface area contributed by atoms with Crippen LogP contribution in [0.1, 0.15) is 23.6 Å². The van der Waals surface area contributed by atoms with Crippen molar-refractivity contribution in [1.29, 1.82) is 0 Å². The maximum absolute atomic E-state index is 9.82. The van der Waals surface area contributed by atoms with E-state index in [1.807, 2.05) is 32.9 Å². The molecule has 0 aliphatic heterocycles. The zero-order valence-corrected chi connectivity index (χ0v) is 13.1. The van der Waals surface area contributed by atoms with Crippen LogP contribution in [0.15, 0.2) is 35.3 Å². The van der Waals surface area contributed by atoms with Crippen molar-refractivity contribution in [3.8, 4) is 11.5 Å². The quantitative estimate of drug-likeness (QED) is 0.823. The molecule has 2 aromatic carbocycles. The topological polar surface area (TPSA) is 41.8 Å². The van der Waals surface area contributed by atoms with Crippen LogP contribution in [0, 0.1) is 13.8 Å². The van der Waals surface area contributed by atoms with Crippen molar-refractivity contribution >= 4 is 23.5 Å². The van der Waals surface area contributed by atoms with E-state index in [0.29, 0.717) is 12.4 Å². The largest absolute Gasteiger partial charge is 0.503 e. The van der Waals surface area contributed by atoms with Crippen molar-refractivity contribution in [2.45, 2.75) is 20.8 Å². The van der Waals surface area contributed by atoms with E-state index < -0.39 is 0 Å². The van der Waals surface area contributed by atoms with Crippen LogP contribution < -0.4 is 4.74 Å². The number of benzene rings is 2. The molecule has 3 nitrogen and oxygen atoms in total. The lowest BCUT2D eigenvalue weighted by atomic mass is 10.1. The molecule has 0 amide bonds. The zero-order valence-electron chi connectivity index (χ0n) is 12.4. The molecule has 0 spiro atoms. The fraction of sp³-hybridized carbons (Fsp3) is 0.235. The lowest BCUT2D eigenvalue weighted by molar-refractivity contribution is 0.318. The maximum atomic E-state index is 9.82. The van der Waals surface area contributed by atoms with Gasteiger partial charge >= 0.3 is 0 Å². The van der Waals surface area contributed by atoms with Gasteiger partial charge in [0.15, 0.2) is 11.5 Å². The Hall–Kier alpha value is -2.00. The first kappa shape index (κ1) is 15.4. The standard InChI is InChI=1S/C17H18ClNO2/c1-4-21-16-9-13(8-14(18)17(16)20)10-19-15-7-11(2)5-6-12(15)3/h5-10,20H,4H2,1-3H3. The van der Waals surface area contributed by atoms with E-state index in [9.17, 15) is 5.11 Å². The number of aromatic hydroxyl groups is 1. The van der Waals surface area contributed by atoms with Gasteiger partial charge in [-0.15, -0.1) is 0 Å². The Morgan fingerprint density at radius 2 is 2.00 bits per heavy atom. The Bertz CT molecular complexity index is 681. The average Bonchev–Trinajstić information content (AvgIpc) is 2.45. The monoisotopic (exact) mass is 303 g/mol. The number of hydrogen-bond donors (Lipinski definition) is 1. The summed E-state index contributed by atoms with van der Waals surface area (Å²) in [6.45, 7) is 6.36. The molecule has 0 bridgehead atoms. The van der Waals surface area contributed by atoms with Crippen molar-refractivity contribution < 1.29 is 9.84 Å². The van der Waals surface area contributed by atoms with E-state index in [2.05, 4.69) is 11.1 Å². The lowest BCUT2D eigenvalue weighted by Crippen LogP contribution is -1.94. The summed E-state index contributed by atoms with van der Waals surface area (Å²) >= 11 is 6.00. The molecular weight excluding hydrogens is 286 g/mol. The molecular formula is C17H18ClNO2. The van der Waals surface area contributed by atoms with Crippen LogP contribution in [0.2, 0.25) is 5.02 Å². The third-order valence-electron chi connectivity index (χ3n) is 3.07. The summed E-state index contributed by atoms with van der Waals surface area (Å²) in [5, 5.41) is 10.1. The number of ether oxygens (including phenoxy) is 1. The minimum Gasteiger partial charge on any atom is -0.503 e. The van der Waals surface area contributed by atoms with Gasteiger partial charge in [-0.25, -0.2) is 0 Å². The van der Waals surface area contributed by atoms with Crippen molar-refractivity contribution in [2.24, 2.45) is 4.99 Å². The number of aliphatic imine (C=N–C) groups is 1. The van der Waals surface area contributed by atoms with E-state index in [1.165, 1.54) is 0 Å². The van der Waals surface area contributed by atoms with E-state index in [0.717, 1.165) is 22.4 Å². The Balaban J connectivity index is 2.34. The van der Waals surface area contributed by atoms with Gasteiger partial charge in [0.25, 0.3) is 0 Å². The number of aryl methyl sites for hydroxylation is 2. The average molecular weight is 304 g/mol. The summed E-state index contributed by atoms with van der Waals surface area (Å²) in [6, 6.07) is 9.50. The highest BCUT2D eigenvalue weighted by atomic mass is 35.5. The Labute approximate surface area is 129 Å². The molecule has 0 saturated heterocycles. The van der Waals surface area contributed by atoms with Crippen LogP contribution in [0.25, 0.3) is 0 Å². The molecule has 0 aliphatic carbocycles. The van der Waals surface area contributed by atoms with Crippen LogP contribution in [0.4, 0.5) is 5.69 Å². The van der Waals surface area contributed by atoms with Crippen molar-refractivity contribution in [3.63, 3.8) is 0 Å². The molecule has 110 valence electrons. The van der Waals surface area contributed by atoms with Crippen LogP contribution in [0.5, 0.6) is 11.5 Å². The van der Waals surface area contributed by atoms with E-state index in [1.54, 1.807) is 18.3 Å². The highest BCUT2D eigenvalue weighted by Gasteiger charge is 2.08. The van der Waals surface area contributed by atoms with Gasteiger partial charge in [0.2, 0.25) is 0 Å². The highest BCUT2D eigenvalue weighted by molar-refractivity contribution is 6.32. The van der Waals surface area contributed by atoms with E-state index in [-0.39, 0.29) is 10.8 Å². The number of nitrogens with zero attached hydrogens (tertiary/aromatic N) is 1. The van der Waals surface area contributed by atoms with Crippen molar-refractivity contribution in [3.05, 3.63) is 52.0 Å². The van der Waals surface area contributed by atoms with Crippen molar-refractivity contribution in [2.75, 3.05) is 6.61 Å². The third kappa shape index (κ3) is 3.76. The molecule has 2 rings (SSSR count). The van der Waals surface area contributed by atoms with Gasteiger partial charge in [0.1, 0.15) is 0 Å². The molecule has 0 aliphatic rings. The summed E-state index contributed by atoms with van der Waals surface area (Å²) < 4.78 is 5.36. The molecule has 2 aromatic rings. The van der Waals surface area contributed by atoms with E-state index in [4.69, 9.17) is 16.3 Å². The number of hydrogen-bond acceptors (Lipinski definition) is 3. The molecule has 0 radical (unpaired) electrons. The first-order chi connectivity index (χ1) is 10.0. The fourth-order valence-electron chi connectivity index (χ4n) is 1.94. The SMILES string of the molecule is CCOc1cc(C=Nc2cc(C)ccc2C)cc(Cl)c1O. The zero-order chi connectivity index (χ0) is 15.4. The maximum Gasteiger partial charge on any atom is 0.176 e. The van der Waals surface area contributed by atoms with Gasteiger partial charge in [0, 0.05) is 6.21 Å². The second-order valence-electron chi connectivity index (χ2n) is 4.83. The van der Waals surface area contributed by atoms with Crippen LogP contribution in [-0.4, -0.2) is 17.9 Å². The Morgan fingerprint density at radius 3 is 2.71 bits per heavy atom. The molecule has 0 saturated carbocycles. The summed E-state index contributed by atoms with van der Waals surface area (Å²) in [5.74, 6) is 0.329. The van der Waals surface area contributed by atoms with Crippen LogP contribution in [-0.2, 0) is 0 Å². The van der Waals surface area contributed by atoms with Gasteiger partial charge in [0.05, 0.1) is 17.3 Å². The first-order valence-electron chi connectivity index (χ1n) is 6.78. The van der Waals surface area contributed by atoms with Gasteiger partial charge in [-0.1, -0.05) is 23.7 Å². The van der Waals surface area contributed by atoms with Gasteiger partial charge in [-0.05, 0) is 55.7 Å². The molecule has 1 N–H and O–H groups in total. The minimum atomic E-state index is -0.0394. The molecule has 21 heavy (non-hydrogen) atoms. The highest BCUT2D eigenvalue weighted by Crippen LogP contribution is 2.35. The Morgan fingerprint density at radius 1 is 1.24 bits per heavy atom. The number of halogens is 1. The fourth-order valence-corrected chi connectivity index (χ4v) is 2.16. The summed E-state index contributed by atoms with van der Waals surface area (Å²) in [7, 11) is 0. The van der Waals surface area contributed by atoms with Crippen LogP contribution >= 0.6 is 11.6 Å². The van der Waals surface area contributed by atoms with Crippen LogP contribution in [0.3, 0.4) is 0 Å². The van der Waals surface area contributed by atoms with Gasteiger partial charge < -0.3 is 9.84 Å². The van der Waals surface area contributed by atoms with Gasteiger partial charge in [-0.2, -0.15) is 0 Å². The smallest absolute Gasteiger partial charge is 0.176 e. The molecule has 0 aromatic heterocycles. The summed E-state index contributed by atoms with van der Waals surface area (Å²) in [4.78, 5) is 4.49. The number of rotatable bonds is 4. The normalized spacial score (nSPS) is 11.0. The first-order valence-corrected chi connectivity index (χ1v) is 7.15. The predicted octanol–water partition coefficient (Wildman–Crippen LogP) is 4.81. The van der Waals surface area contributed by atoms with Crippen molar-refractivity contribution in [1.82, 2.24) is 0 Å².